The summed E-state index contributed by atoms with van der Waals surface area (Å²) in [5.74, 6) is -0.508. The monoisotopic (exact) mass is 720 g/mol. The van der Waals surface area contributed by atoms with Crippen LogP contribution in [0.3, 0.4) is 0 Å². The van der Waals surface area contributed by atoms with Crippen molar-refractivity contribution in [2.45, 2.75) is 63.3 Å². The molecule has 2 amide bonds. The maximum atomic E-state index is 16.4. The molecule has 6 heterocycles. The van der Waals surface area contributed by atoms with Gasteiger partial charge in [0.05, 0.1) is 45.4 Å². The van der Waals surface area contributed by atoms with E-state index in [0.29, 0.717) is 58.2 Å². The van der Waals surface area contributed by atoms with Crippen LogP contribution in [0, 0.1) is 23.1 Å². The Kier molecular flexibility index (Phi) is 8.10. The number of aryl methyl sites for hydroxylation is 2. The molecule has 1 aromatic carbocycles. The molecule has 3 aromatic heterocycles. The number of hydrogen-bond acceptors (Lipinski definition) is 7. The van der Waals surface area contributed by atoms with Crippen molar-refractivity contribution in [3.63, 3.8) is 0 Å². The van der Waals surface area contributed by atoms with Crippen LogP contribution in [0.5, 0.6) is 5.88 Å². The highest BCUT2D eigenvalue weighted by molar-refractivity contribution is 9.10. The molecule has 3 aliphatic heterocycles. The summed E-state index contributed by atoms with van der Waals surface area (Å²) >= 11 is 3.44. The number of likely N-dealkylation sites (tertiary alicyclic amines) is 1. The van der Waals surface area contributed by atoms with Crippen molar-refractivity contribution < 1.29 is 23.8 Å². The van der Waals surface area contributed by atoms with E-state index in [2.05, 4.69) is 43.6 Å². The molecule has 0 radical (unpaired) electrons. The van der Waals surface area contributed by atoms with E-state index in [9.17, 15) is 20.0 Å². The quantitative estimate of drug-likeness (QED) is 0.255. The van der Waals surface area contributed by atoms with Gasteiger partial charge >= 0.3 is 6.09 Å². The normalized spacial score (nSPS) is 22.7. The summed E-state index contributed by atoms with van der Waals surface area (Å²) in [6.45, 7) is 3.34. The number of fused-ring (bicyclic) bond motifs is 4. The van der Waals surface area contributed by atoms with Gasteiger partial charge in [0.25, 0.3) is 5.91 Å². The average molecular weight is 722 g/mol. The van der Waals surface area contributed by atoms with Crippen LogP contribution in [0.2, 0.25) is 0 Å². The summed E-state index contributed by atoms with van der Waals surface area (Å²) < 4.78 is 27.0. The minimum absolute atomic E-state index is 0.0159. The summed E-state index contributed by atoms with van der Waals surface area (Å²) in [7, 11) is 7.15. The Bertz CT molecular complexity index is 2020. The first-order valence-electron chi connectivity index (χ1n) is 16.3. The number of benzene rings is 1. The number of amides is 2. The summed E-state index contributed by atoms with van der Waals surface area (Å²) in [5.41, 5.74) is 2.99. The van der Waals surface area contributed by atoms with E-state index >= 15 is 4.39 Å². The molecule has 8 rings (SSSR count). The highest BCUT2D eigenvalue weighted by atomic mass is 79.9. The maximum absolute atomic E-state index is 16.4. The SMILES string of the molecule is C[C@H](Oc1nc2c(F)c(Br)c(CCC#N)cc2c2c1cc(-c1cnn(C)c1C(=O)N(C)C)n2[C@H]1[C@@H]2C[C@H]1N(C(=O)O)C2)C1CCCN1C. The Balaban J connectivity index is 1.56. The summed E-state index contributed by atoms with van der Waals surface area (Å²) in [6.07, 6.45) is 3.66. The van der Waals surface area contributed by atoms with Gasteiger partial charge in [-0.15, -0.1) is 0 Å². The minimum Gasteiger partial charge on any atom is -0.472 e. The molecule has 0 spiro atoms. The van der Waals surface area contributed by atoms with Crippen LogP contribution in [-0.4, -0.2) is 104 Å². The lowest BCUT2D eigenvalue weighted by Crippen LogP contribution is -2.42. The maximum Gasteiger partial charge on any atom is 0.407 e. The lowest BCUT2D eigenvalue weighted by Gasteiger charge is -2.38. The lowest BCUT2D eigenvalue weighted by atomic mass is 9.79. The third kappa shape index (κ3) is 4.92. The molecule has 252 valence electrons. The number of pyridine rings is 1. The summed E-state index contributed by atoms with van der Waals surface area (Å²) in [5, 5.41) is 25.1. The molecular formula is C34H38BrFN8O4. The number of hydrogen-bond donors (Lipinski definition) is 1. The van der Waals surface area contributed by atoms with E-state index < -0.39 is 11.9 Å². The van der Waals surface area contributed by atoms with Gasteiger partial charge < -0.3 is 24.2 Å². The van der Waals surface area contributed by atoms with Gasteiger partial charge in [0, 0.05) is 57.0 Å². The van der Waals surface area contributed by atoms with Gasteiger partial charge in [-0.05, 0) is 79.8 Å². The molecule has 5 atom stereocenters. The lowest BCUT2D eigenvalue weighted by molar-refractivity contribution is 0.0817. The second-order valence-electron chi connectivity index (χ2n) is 13.5. The zero-order chi connectivity index (χ0) is 34.2. The number of rotatable bonds is 8. The molecule has 1 N–H and O–H groups in total. The van der Waals surface area contributed by atoms with Crippen molar-refractivity contribution in [3.8, 4) is 23.2 Å². The van der Waals surface area contributed by atoms with E-state index in [1.54, 1.807) is 32.0 Å². The summed E-state index contributed by atoms with van der Waals surface area (Å²) in [4.78, 5) is 35.9. The highest BCUT2D eigenvalue weighted by Gasteiger charge is 2.56. The number of nitriles is 1. The molecule has 1 unspecified atom stereocenters. The largest absolute Gasteiger partial charge is 0.472 e. The van der Waals surface area contributed by atoms with E-state index in [0.717, 1.165) is 19.4 Å². The van der Waals surface area contributed by atoms with Gasteiger partial charge in [-0.3, -0.25) is 14.4 Å². The zero-order valence-corrected chi connectivity index (χ0v) is 29.2. The van der Waals surface area contributed by atoms with Gasteiger partial charge in [0.15, 0.2) is 5.82 Å². The first-order chi connectivity index (χ1) is 22.9. The molecule has 3 saturated heterocycles. The van der Waals surface area contributed by atoms with Gasteiger partial charge in [0.2, 0.25) is 5.88 Å². The molecule has 48 heavy (non-hydrogen) atoms. The predicted octanol–water partition coefficient (Wildman–Crippen LogP) is 5.43. The van der Waals surface area contributed by atoms with Crippen LogP contribution in [0.25, 0.3) is 33.1 Å². The molecule has 1 saturated carbocycles. The predicted molar refractivity (Wildman–Crippen MR) is 180 cm³/mol. The van der Waals surface area contributed by atoms with Gasteiger partial charge in [0.1, 0.15) is 17.3 Å². The Morgan fingerprint density at radius 2 is 2.04 bits per heavy atom. The Labute approximate surface area is 285 Å². The Morgan fingerprint density at radius 1 is 1.27 bits per heavy atom. The van der Waals surface area contributed by atoms with Crippen LogP contribution in [-0.2, 0) is 13.5 Å². The van der Waals surface area contributed by atoms with Crippen molar-refractivity contribution >= 4 is 49.7 Å². The van der Waals surface area contributed by atoms with Gasteiger partial charge in [-0.2, -0.15) is 10.4 Å². The number of nitrogens with zero attached hydrogens (tertiary/aromatic N) is 8. The van der Waals surface area contributed by atoms with Gasteiger partial charge in [-0.1, -0.05) is 0 Å². The first-order valence-corrected chi connectivity index (χ1v) is 17.0. The van der Waals surface area contributed by atoms with Crippen LogP contribution in [0.4, 0.5) is 9.18 Å². The van der Waals surface area contributed by atoms with Crippen LogP contribution >= 0.6 is 15.9 Å². The standard InChI is InChI=1S/C34H38BrFN8O4/c1-17(23-9-7-11-41(23)4)48-32-21-14-24(22-15-38-42(5)31(22)33(45)40(2)3)44(29-19-13-25(29)43(16-19)34(46)47)30(21)20-12-18(8-6-10-37)26(35)27(36)28(20)39-32/h12,14-15,17,19,23,25,29H,6-9,11,13,16H2,1-5H3,(H,46,47)/t17-,19+,23?,25+,29-/m0/s1. The molecule has 4 aliphatic rings. The second-order valence-corrected chi connectivity index (χ2v) is 14.3. The molecule has 1 aliphatic carbocycles. The fourth-order valence-electron chi connectivity index (χ4n) is 8.13. The number of carbonyl (C=O) groups excluding carboxylic acids is 1. The molecule has 4 fully saturated rings. The van der Waals surface area contributed by atoms with Crippen molar-refractivity contribution in [1.29, 1.82) is 5.26 Å². The fourth-order valence-corrected chi connectivity index (χ4v) is 8.63. The summed E-state index contributed by atoms with van der Waals surface area (Å²) in [6, 6.07) is 5.53. The third-order valence-corrected chi connectivity index (χ3v) is 11.4. The first kappa shape index (κ1) is 32.3. The van der Waals surface area contributed by atoms with E-state index in [1.165, 1.54) is 9.80 Å². The van der Waals surface area contributed by atoms with Crippen molar-refractivity contribution in [3.05, 3.63) is 39.9 Å². The van der Waals surface area contributed by atoms with Crippen molar-refractivity contribution in [1.82, 2.24) is 34.0 Å². The minimum atomic E-state index is -0.980. The van der Waals surface area contributed by atoms with E-state index in [4.69, 9.17) is 9.72 Å². The van der Waals surface area contributed by atoms with Crippen molar-refractivity contribution in [2.24, 2.45) is 13.0 Å². The van der Waals surface area contributed by atoms with Gasteiger partial charge in [-0.25, -0.2) is 14.2 Å². The van der Waals surface area contributed by atoms with E-state index in [-0.39, 0.29) is 58.3 Å². The number of ether oxygens (including phenoxy) is 1. The average Bonchev–Trinajstić information content (AvgIpc) is 3.87. The Morgan fingerprint density at radius 3 is 2.69 bits per heavy atom. The molecule has 14 heteroatoms. The number of carbonyl (C=O) groups is 2. The topological polar surface area (TPSA) is 133 Å². The molecule has 12 nitrogen and oxygen atoms in total. The number of likely N-dealkylation sites (N-methyl/N-ethyl adjacent to an activating group) is 1. The molecule has 4 aromatic rings. The van der Waals surface area contributed by atoms with Crippen LogP contribution in [0.15, 0.2) is 22.8 Å². The number of aromatic nitrogens is 4. The van der Waals surface area contributed by atoms with Crippen LogP contribution < -0.4 is 4.74 Å². The number of halogens is 2. The van der Waals surface area contributed by atoms with Crippen LogP contribution in [0.1, 0.15) is 54.7 Å². The fraction of sp³-hybridized carbons (Fsp3) is 0.500. The highest BCUT2D eigenvalue weighted by Crippen LogP contribution is 2.54. The molecular weight excluding hydrogens is 683 g/mol. The van der Waals surface area contributed by atoms with Crippen molar-refractivity contribution in [2.75, 3.05) is 34.2 Å². The zero-order valence-electron chi connectivity index (χ0n) is 27.6. The van der Waals surface area contributed by atoms with E-state index in [1.807, 2.05) is 19.1 Å². The third-order valence-electron chi connectivity index (χ3n) is 10.5. The second kappa shape index (κ2) is 12.0. The molecule has 2 bridgehead atoms. The smallest absolute Gasteiger partial charge is 0.407 e. The number of carboxylic acid groups (broad SMARTS) is 1. The Hall–Kier alpha value is -4.22.